The Hall–Kier alpha value is -3.21. The van der Waals surface area contributed by atoms with Crippen LogP contribution >= 0.6 is 0 Å². The van der Waals surface area contributed by atoms with Gasteiger partial charge in [-0.2, -0.15) is 14.0 Å². The molecule has 3 rings (SSSR count). The first-order chi connectivity index (χ1) is 13.3. The van der Waals surface area contributed by atoms with Crippen molar-refractivity contribution < 1.29 is 13.5 Å². The highest BCUT2D eigenvalue weighted by Crippen LogP contribution is 2.33. The number of nitrogens with one attached hydrogen (secondary N) is 2. The maximum absolute atomic E-state index is 13.0. The first kappa shape index (κ1) is 19.5. The molecule has 2 N–H and O–H groups in total. The second-order valence-electron chi connectivity index (χ2n) is 6.68. The molecular weight excluding hydrogens is 364 g/mol. The van der Waals surface area contributed by atoms with Gasteiger partial charge >= 0.3 is 6.11 Å². The van der Waals surface area contributed by atoms with Gasteiger partial charge in [0.1, 0.15) is 11.6 Å². The van der Waals surface area contributed by atoms with E-state index >= 15 is 0 Å². The molecule has 146 valence electrons. The molecular formula is C20H21F2N5O. The van der Waals surface area contributed by atoms with Gasteiger partial charge in [-0.3, -0.25) is 0 Å². The number of nitrogens with zero attached hydrogens (tertiary/aromatic N) is 3. The number of alkyl halides is 2. The molecule has 0 bridgehead atoms. The molecule has 0 spiro atoms. The standard InChI is InChI=1S/C20H21F2N5O/c1-3-16(24)18-17(27-11-13(10-23)12-27)8-9-25-19(18)26-14-4-6-15(7-5-14)28-20(2,21)22/h4-9,13,24H,3,11-12H2,1-2H3,(H,25,26). The van der Waals surface area contributed by atoms with Gasteiger partial charge in [0, 0.05) is 37.6 Å². The number of halogens is 2. The number of pyridine rings is 1. The molecule has 28 heavy (non-hydrogen) atoms. The minimum absolute atomic E-state index is 0.00234. The van der Waals surface area contributed by atoms with Gasteiger partial charge in [0.2, 0.25) is 0 Å². The number of anilines is 3. The molecule has 8 heteroatoms. The van der Waals surface area contributed by atoms with Gasteiger partial charge in [0.15, 0.2) is 0 Å². The molecule has 1 aromatic carbocycles. The Morgan fingerprint density at radius 2 is 2.04 bits per heavy atom. The van der Waals surface area contributed by atoms with Crippen molar-refractivity contribution in [1.82, 2.24) is 4.98 Å². The summed E-state index contributed by atoms with van der Waals surface area (Å²) < 4.78 is 30.4. The number of benzene rings is 1. The number of hydrogen-bond acceptors (Lipinski definition) is 6. The van der Waals surface area contributed by atoms with Crippen LogP contribution in [0.4, 0.5) is 26.0 Å². The van der Waals surface area contributed by atoms with Crippen molar-refractivity contribution in [1.29, 1.82) is 10.7 Å². The van der Waals surface area contributed by atoms with Crippen molar-refractivity contribution in [2.45, 2.75) is 26.4 Å². The smallest absolute Gasteiger partial charge is 0.394 e. The zero-order chi connectivity index (χ0) is 20.3. The molecule has 2 heterocycles. The van der Waals surface area contributed by atoms with E-state index in [0.717, 1.165) is 5.69 Å². The van der Waals surface area contributed by atoms with Crippen molar-refractivity contribution in [3.05, 3.63) is 42.1 Å². The summed E-state index contributed by atoms with van der Waals surface area (Å²) in [4.78, 5) is 6.43. The number of rotatable bonds is 7. The van der Waals surface area contributed by atoms with Gasteiger partial charge in [0.05, 0.1) is 23.2 Å². The van der Waals surface area contributed by atoms with E-state index in [0.29, 0.717) is 49.2 Å². The molecule has 1 aliphatic rings. The average molecular weight is 385 g/mol. The van der Waals surface area contributed by atoms with Crippen LogP contribution in [0, 0.1) is 22.7 Å². The van der Waals surface area contributed by atoms with Crippen molar-refractivity contribution in [2.75, 3.05) is 23.3 Å². The zero-order valence-electron chi connectivity index (χ0n) is 15.7. The molecule has 0 saturated carbocycles. The first-order valence-electron chi connectivity index (χ1n) is 8.96. The van der Waals surface area contributed by atoms with E-state index < -0.39 is 6.11 Å². The third kappa shape index (κ3) is 4.36. The second-order valence-corrected chi connectivity index (χ2v) is 6.68. The van der Waals surface area contributed by atoms with Crippen LogP contribution in [0.2, 0.25) is 0 Å². The quantitative estimate of drug-likeness (QED) is 0.683. The van der Waals surface area contributed by atoms with E-state index in [1.807, 2.05) is 13.0 Å². The van der Waals surface area contributed by atoms with E-state index in [9.17, 15) is 8.78 Å². The summed E-state index contributed by atoms with van der Waals surface area (Å²) in [6.07, 6.45) is -1.06. The summed E-state index contributed by atoms with van der Waals surface area (Å²) in [5, 5.41) is 20.5. The SMILES string of the molecule is CCC(=N)c1c(N2CC(C#N)C2)ccnc1Nc1ccc(OC(C)(F)F)cc1. The lowest BCUT2D eigenvalue weighted by Crippen LogP contribution is -2.46. The van der Waals surface area contributed by atoms with Gasteiger partial charge in [0.25, 0.3) is 0 Å². The Morgan fingerprint density at radius 1 is 1.36 bits per heavy atom. The van der Waals surface area contributed by atoms with Gasteiger partial charge in [-0.15, -0.1) is 0 Å². The lowest BCUT2D eigenvalue weighted by Gasteiger charge is -2.38. The molecule has 0 atom stereocenters. The highest BCUT2D eigenvalue weighted by Gasteiger charge is 2.30. The molecule has 1 aliphatic heterocycles. The van der Waals surface area contributed by atoms with Crippen molar-refractivity contribution in [3.8, 4) is 11.8 Å². The topological polar surface area (TPSA) is 85.0 Å². The largest absolute Gasteiger partial charge is 0.433 e. The number of ether oxygens (including phenoxy) is 1. The molecule has 6 nitrogen and oxygen atoms in total. The van der Waals surface area contributed by atoms with Crippen molar-refractivity contribution in [2.24, 2.45) is 5.92 Å². The average Bonchev–Trinajstić information content (AvgIpc) is 2.61. The van der Waals surface area contributed by atoms with Crippen LogP contribution in [0.5, 0.6) is 5.75 Å². The van der Waals surface area contributed by atoms with Crippen LogP contribution in [-0.2, 0) is 0 Å². The lowest BCUT2D eigenvalue weighted by molar-refractivity contribution is -0.158. The van der Waals surface area contributed by atoms with Crippen LogP contribution in [0.15, 0.2) is 36.5 Å². The summed E-state index contributed by atoms with van der Waals surface area (Å²) in [6.45, 7) is 3.83. The third-order valence-corrected chi connectivity index (χ3v) is 4.40. The van der Waals surface area contributed by atoms with Crippen LogP contribution in [-0.4, -0.2) is 29.9 Å². The third-order valence-electron chi connectivity index (χ3n) is 4.40. The fraction of sp³-hybridized carbons (Fsp3) is 0.350. The molecule has 1 aromatic heterocycles. The number of aromatic nitrogens is 1. The summed E-state index contributed by atoms with van der Waals surface area (Å²) >= 11 is 0. The monoisotopic (exact) mass is 385 g/mol. The maximum Gasteiger partial charge on any atom is 0.394 e. The van der Waals surface area contributed by atoms with Gasteiger partial charge in [-0.25, -0.2) is 4.98 Å². The highest BCUT2D eigenvalue weighted by atomic mass is 19.3. The predicted octanol–water partition coefficient (Wildman–Crippen LogP) is 4.55. The van der Waals surface area contributed by atoms with E-state index in [2.05, 4.69) is 26.0 Å². The molecule has 0 amide bonds. The Kier molecular flexibility index (Phi) is 5.45. The lowest BCUT2D eigenvalue weighted by atomic mass is 9.98. The Labute approximate surface area is 162 Å². The summed E-state index contributed by atoms with van der Waals surface area (Å²) in [5.41, 5.74) is 2.61. The predicted molar refractivity (Wildman–Crippen MR) is 104 cm³/mol. The molecule has 0 radical (unpaired) electrons. The van der Waals surface area contributed by atoms with Gasteiger partial charge in [-0.1, -0.05) is 6.92 Å². The summed E-state index contributed by atoms with van der Waals surface area (Å²) in [6, 6.07) is 10.2. The van der Waals surface area contributed by atoms with Crippen LogP contribution < -0.4 is 15.0 Å². The number of hydrogen-bond donors (Lipinski definition) is 2. The Balaban J connectivity index is 1.85. The van der Waals surface area contributed by atoms with E-state index in [4.69, 9.17) is 10.7 Å². The molecule has 1 fully saturated rings. The minimum atomic E-state index is -3.24. The van der Waals surface area contributed by atoms with Crippen LogP contribution in [0.1, 0.15) is 25.8 Å². The fourth-order valence-corrected chi connectivity index (χ4v) is 2.99. The van der Waals surface area contributed by atoms with Gasteiger partial charge < -0.3 is 20.4 Å². The van der Waals surface area contributed by atoms with E-state index in [1.165, 1.54) is 12.1 Å². The van der Waals surface area contributed by atoms with E-state index in [1.54, 1.807) is 18.3 Å². The normalized spacial score (nSPS) is 14.2. The highest BCUT2D eigenvalue weighted by molar-refractivity contribution is 6.07. The first-order valence-corrected chi connectivity index (χ1v) is 8.96. The molecule has 0 unspecified atom stereocenters. The molecule has 1 saturated heterocycles. The van der Waals surface area contributed by atoms with Crippen LogP contribution in [0.25, 0.3) is 0 Å². The summed E-state index contributed by atoms with van der Waals surface area (Å²) in [7, 11) is 0. The Bertz CT molecular complexity index is 896. The van der Waals surface area contributed by atoms with Crippen LogP contribution in [0.3, 0.4) is 0 Å². The van der Waals surface area contributed by atoms with E-state index in [-0.39, 0.29) is 11.7 Å². The fourth-order valence-electron chi connectivity index (χ4n) is 2.99. The maximum atomic E-state index is 13.0. The zero-order valence-corrected chi connectivity index (χ0v) is 15.7. The van der Waals surface area contributed by atoms with Gasteiger partial charge in [-0.05, 0) is 36.8 Å². The van der Waals surface area contributed by atoms with Crippen molar-refractivity contribution >= 4 is 22.9 Å². The number of nitriles is 1. The summed E-state index contributed by atoms with van der Waals surface area (Å²) in [5.74, 6) is 0.570. The molecule has 0 aliphatic carbocycles. The minimum Gasteiger partial charge on any atom is -0.433 e. The Morgan fingerprint density at radius 3 is 2.61 bits per heavy atom. The second kappa shape index (κ2) is 7.80. The molecule has 2 aromatic rings. The van der Waals surface area contributed by atoms with Crippen molar-refractivity contribution in [3.63, 3.8) is 0 Å².